The summed E-state index contributed by atoms with van der Waals surface area (Å²) in [6, 6.07) is 3.72. The first-order chi connectivity index (χ1) is 14.7. The Labute approximate surface area is 175 Å². The summed E-state index contributed by atoms with van der Waals surface area (Å²) in [5.74, 6) is 0.945. The third-order valence-corrected chi connectivity index (χ3v) is 6.78. The third kappa shape index (κ3) is 3.94. The van der Waals surface area contributed by atoms with Gasteiger partial charge in [0.05, 0.1) is 6.20 Å². The maximum atomic E-state index is 13.1. The van der Waals surface area contributed by atoms with E-state index in [-0.39, 0.29) is 17.0 Å². The van der Waals surface area contributed by atoms with E-state index in [2.05, 4.69) is 20.4 Å². The molecule has 2 N–H and O–H groups in total. The van der Waals surface area contributed by atoms with Crippen LogP contribution in [0.2, 0.25) is 0 Å². The lowest BCUT2D eigenvalue weighted by Gasteiger charge is -2.42. The van der Waals surface area contributed by atoms with Gasteiger partial charge in [-0.1, -0.05) is 0 Å². The van der Waals surface area contributed by atoms with Crippen LogP contribution in [0, 0.1) is 11.8 Å². The smallest absolute Gasteiger partial charge is 0.263 e. The minimum Gasteiger partial charge on any atom is -0.381 e. The zero-order chi connectivity index (χ0) is 20.5. The molecule has 2 fully saturated rings. The van der Waals surface area contributed by atoms with Gasteiger partial charge in [-0.2, -0.15) is 5.10 Å². The number of nitrogens with zero attached hydrogens (tertiary/aromatic N) is 3. The Morgan fingerprint density at radius 2 is 2.10 bits per heavy atom. The molecule has 0 aromatic carbocycles. The lowest BCUT2D eigenvalue weighted by atomic mass is 9.83. The molecule has 0 saturated carbocycles. The number of nitrogens with one attached hydrogen (secondary N) is 2. The molecule has 2 atom stereocenters. The molecule has 5 heterocycles. The van der Waals surface area contributed by atoms with Crippen LogP contribution in [0.3, 0.4) is 0 Å². The van der Waals surface area contributed by atoms with Crippen molar-refractivity contribution < 1.29 is 9.53 Å². The zero-order valence-electron chi connectivity index (χ0n) is 17.2. The van der Waals surface area contributed by atoms with Gasteiger partial charge in [-0.05, 0) is 43.2 Å². The van der Waals surface area contributed by atoms with Gasteiger partial charge in [0, 0.05) is 69.3 Å². The second-order valence-corrected chi connectivity index (χ2v) is 8.95. The fraction of sp³-hybridized carbons (Fsp3) is 0.591. The van der Waals surface area contributed by atoms with E-state index in [0.717, 1.165) is 57.8 Å². The molecule has 0 unspecified atom stereocenters. The quantitative estimate of drug-likeness (QED) is 0.775. The number of piperidine rings is 1. The minimum absolute atomic E-state index is 0.144. The standard InChI is InChI=1S/C22H29N5O3/c28-21(23-8-15-3-5-30-6-4-15)19-1-2-20-18-7-16(13-27(20)22(19)29)11-26(14-18)12-17-9-24-25-10-17/h1-2,9-10,15-16,18H,3-8,11-14H2,(H,23,28)(H,24,25)/t16-,18+/m0/s1. The van der Waals surface area contributed by atoms with Crippen LogP contribution in [0.5, 0.6) is 0 Å². The number of ether oxygens (including phenoxy) is 1. The number of aromatic amines is 1. The number of aromatic nitrogens is 3. The predicted octanol–water partition coefficient (Wildman–Crippen LogP) is 1.35. The molecule has 5 rings (SSSR count). The Balaban J connectivity index is 1.29. The molecule has 30 heavy (non-hydrogen) atoms. The molecular formula is C22H29N5O3. The van der Waals surface area contributed by atoms with E-state index in [1.165, 1.54) is 5.56 Å². The average molecular weight is 412 g/mol. The largest absolute Gasteiger partial charge is 0.381 e. The lowest BCUT2D eigenvalue weighted by Crippen LogP contribution is -2.47. The van der Waals surface area contributed by atoms with E-state index in [1.807, 2.05) is 23.0 Å². The molecule has 8 heteroatoms. The molecule has 0 spiro atoms. The van der Waals surface area contributed by atoms with E-state index in [0.29, 0.717) is 30.8 Å². The molecule has 3 aliphatic heterocycles. The molecule has 160 valence electrons. The van der Waals surface area contributed by atoms with Crippen molar-refractivity contribution in [1.29, 1.82) is 0 Å². The molecule has 8 nitrogen and oxygen atoms in total. The number of hydrogen-bond acceptors (Lipinski definition) is 5. The van der Waals surface area contributed by atoms with Crippen LogP contribution < -0.4 is 10.9 Å². The number of rotatable bonds is 5. The fourth-order valence-corrected chi connectivity index (χ4v) is 5.25. The molecule has 1 amide bonds. The van der Waals surface area contributed by atoms with Crippen molar-refractivity contribution in [3.63, 3.8) is 0 Å². The van der Waals surface area contributed by atoms with Crippen LogP contribution in [0.15, 0.2) is 29.3 Å². The summed E-state index contributed by atoms with van der Waals surface area (Å²) in [6.07, 6.45) is 6.84. The Hall–Kier alpha value is -2.45. The zero-order valence-corrected chi connectivity index (χ0v) is 17.2. The Bertz CT molecular complexity index is 948. The Morgan fingerprint density at radius 3 is 2.90 bits per heavy atom. The maximum Gasteiger partial charge on any atom is 0.263 e. The summed E-state index contributed by atoms with van der Waals surface area (Å²) in [6.45, 7) is 5.57. The van der Waals surface area contributed by atoms with E-state index in [4.69, 9.17) is 4.74 Å². The van der Waals surface area contributed by atoms with Crippen LogP contribution in [0.1, 0.15) is 46.8 Å². The highest BCUT2D eigenvalue weighted by molar-refractivity contribution is 5.93. The summed E-state index contributed by atoms with van der Waals surface area (Å²) in [5, 5.41) is 9.89. The fourth-order valence-electron chi connectivity index (χ4n) is 5.25. The second-order valence-electron chi connectivity index (χ2n) is 8.95. The van der Waals surface area contributed by atoms with E-state index < -0.39 is 0 Å². The highest BCUT2D eigenvalue weighted by Gasteiger charge is 2.35. The summed E-state index contributed by atoms with van der Waals surface area (Å²) in [7, 11) is 0. The highest BCUT2D eigenvalue weighted by atomic mass is 16.5. The summed E-state index contributed by atoms with van der Waals surface area (Å²) in [4.78, 5) is 28.3. The van der Waals surface area contributed by atoms with Crippen molar-refractivity contribution in [2.24, 2.45) is 11.8 Å². The van der Waals surface area contributed by atoms with Crippen LogP contribution in [-0.2, 0) is 17.8 Å². The third-order valence-electron chi connectivity index (χ3n) is 6.78. The summed E-state index contributed by atoms with van der Waals surface area (Å²) >= 11 is 0. The number of carbonyl (C=O) groups excluding carboxylic acids is 1. The molecule has 2 aromatic heterocycles. The normalized spacial score (nSPS) is 24.4. The first-order valence-electron chi connectivity index (χ1n) is 11.0. The van der Waals surface area contributed by atoms with Gasteiger partial charge in [-0.3, -0.25) is 19.6 Å². The Morgan fingerprint density at radius 1 is 1.23 bits per heavy atom. The van der Waals surface area contributed by atoms with Crippen LogP contribution in [0.25, 0.3) is 0 Å². The van der Waals surface area contributed by atoms with E-state index >= 15 is 0 Å². The molecular weight excluding hydrogens is 382 g/mol. The molecule has 2 saturated heterocycles. The maximum absolute atomic E-state index is 13.1. The minimum atomic E-state index is -0.251. The molecule has 3 aliphatic rings. The monoisotopic (exact) mass is 411 g/mol. The highest BCUT2D eigenvalue weighted by Crippen LogP contribution is 2.35. The van der Waals surface area contributed by atoms with Crippen molar-refractivity contribution in [1.82, 2.24) is 25.0 Å². The second kappa shape index (κ2) is 8.35. The number of H-pyrrole nitrogens is 1. The predicted molar refractivity (Wildman–Crippen MR) is 111 cm³/mol. The van der Waals surface area contributed by atoms with Gasteiger partial charge < -0.3 is 14.6 Å². The van der Waals surface area contributed by atoms with Gasteiger partial charge in [0.25, 0.3) is 11.5 Å². The number of pyridine rings is 1. The van der Waals surface area contributed by atoms with Crippen molar-refractivity contribution >= 4 is 5.91 Å². The molecule has 2 bridgehead atoms. The van der Waals surface area contributed by atoms with Gasteiger partial charge >= 0.3 is 0 Å². The first-order valence-corrected chi connectivity index (χ1v) is 11.0. The first kappa shape index (κ1) is 19.5. The van der Waals surface area contributed by atoms with Crippen molar-refractivity contribution in [2.75, 3.05) is 32.8 Å². The number of amides is 1. The van der Waals surface area contributed by atoms with Crippen LogP contribution >= 0.6 is 0 Å². The van der Waals surface area contributed by atoms with Crippen LogP contribution in [-0.4, -0.2) is 58.4 Å². The van der Waals surface area contributed by atoms with Gasteiger partial charge in [-0.15, -0.1) is 0 Å². The van der Waals surface area contributed by atoms with E-state index in [9.17, 15) is 9.59 Å². The Kier molecular flexibility index (Phi) is 5.43. The molecule has 0 radical (unpaired) electrons. The van der Waals surface area contributed by atoms with Gasteiger partial charge in [0.1, 0.15) is 5.56 Å². The number of carbonyl (C=O) groups is 1. The number of hydrogen-bond donors (Lipinski definition) is 2. The van der Waals surface area contributed by atoms with E-state index in [1.54, 1.807) is 6.07 Å². The summed E-state index contributed by atoms with van der Waals surface area (Å²) < 4.78 is 7.23. The van der Waals surface area contributed by atoms with Gasteiger partial charge in [0.15, 0.2) is 0 Å². The summed E-state index contributed by atoms with van der Waals surface area (Å²) in [5.41, 5.74) is 2.37. The SMILES string of the molecule is O=C(NCC1CCOCC1)c1ccc2n(c1=O)C[C@H]1C[C@@H]2CN(Cc2cn[nH]c2)C1. The van der Waals surface area contributed by atoms with Crippen molar-refractivity contribution in [2.45, 2.75) is 38.3 Å². The van der Waals surface area contributed by atoms with Gasteiger partial charge in [-0.25, -0.2) is 0 Å². The topological polar surface area (TPSA) is 92.2 Å². The van der Waals surface area contributed by atoms with Crippen LogP contribution in [0.4, 0.5) is 0 Å². The number of likely N-dealkylation sites (tertiary alicyclic amines) is 1. The van der Waals surface area contributed by atoms with Gasteiger partial charge in [0.2, 0.25) is 0 Å². The average Bonchev–Trinajstić information content (AvgIpc) is 3.26. The lowest BCUT2D eigenvalue weighted by molar-refractivity contribution is 0.0642. The number of fused-ring (bicyclic) bond motifs is 4. The van der Waals surface area contributed by atoms with Crippen molar-refractivity contribution in [3.05, 3.63) is 51.7 Å². The van der Waals surface area contributed by atoms with Crippen molar-refractivity contribution in [3.8, 4) is 0 Å². The molecule has 2 aromatic rings. The molecule has 0 aliphatic carbocycles.